The van der Waals surface area contributed by atoms with Crippen molar-refractivity contribution in [3.63, 3.8) is 0 Å². The summed E-state index contributed by atoms with van der Waals surface area (Å²) in [6.07, 6.45) is 4.93. The Bertz CT molecular complexity index is 341. The van der Waals surface area contributed by atoms with E-state index in [1.807, 2.05) is 6.92 Å². The van der Waals surface area contributed by atoms with Gasteiger partial charge in [-0.1, -0.05) is 0 Å². The first-order valence-electron chi connectivity index (χ1n) is 6.62. The van der Waals surface area contributed by atoms with Gasteiger partial charge in [0.1, 0.15) is 11.6 Å². The molecule has 1 aromatic rings. The molecule has 0 aliphatic carbocycles. The minimum atomic E-state index is 0.669. The van der Waals surface area contributed by atoms with Gasteiger partial charge in [0.25, 0.3) is 0 Å². The normalized spacial score (nSPS) is 10.6. The standard InChI is InChI=1S/C12H24N6/c1-10-16-11(6-2-3-7-13)18-12(17-10)15-9-5-4-8-14/h2-9,13-14H2,1H3,(H,15,16,17,18). The lowest BCUT2D eigenvalue weighted by Crippen LogP contribution is -2.11. The van der Waals surface area contributed by atoms with Crippen LogP contribution in [0.2, 0.25) is 0 Å². The van der Waals surface area contributed by atoms with Gasteiger partial charge in [-0.15, -0.1) is 0 Å². The Kier molecular flexibility index (Phi) is 7.20. The number of hydrogen-bond donors (Lipinski definition) is 3. The summed E-state index contributed by atoms with van der Waals surface area (Å²) in [6.45, 7) is 4.18. The van der Waals surface area contributed by atoms with Gasteiger partial charge in [-0.05, 0) is 45.7 Å². The molecule has 102 valence electrons. The zero-order chi connectivity index (χ0) is 13.2. The van der Waals surface area contributed by atoms with Crippen LogP contribution in [0.1, 0.15) is 37.3 Å². The minimum absolute atomic E-state index is 0.669. The Balaban J connectivity index is 2.46. The molecule has 0 aliphatic heterocycles. The van der Waals surface area contributed by atoms with Gasteiger partial charge in [-0.3, -0.25) is 0 Å². The maximum absolute atomic E-state index is 5.47. The molecule has 0 radical (unpaired) electrons. The van der Waals surface area contributed by atoms with Gasteiger partial charge in [0.15, 0.2) is 0 Å². The highest BCUT2D eigenvalue weighted by Gasteiger charge is 2.03. The van der Waals surface area contributed by atoms with Gasteiger partial charge in [0, 0.05) is 13.0 Å². The van der Waals surface area contributed by atoms with Crippen molar-refractivity contribution in [2.45, 2.75) is 39.0 Å². The summed E-state index contributed by atoms with van der Waals surface area (Å²) < 4.78 is 0. The minimum Gasteiger partial charge on any atom is -0.354 e. The fourth-order valence-electron chi connectivity index (χ4n) is 1.63. The lowest BCUT2D eigenvalue weighted by atomic mass is 10.2. The monoisotopic (exact) mass is 252 g/mol. The van der Waals surface area contributed by atoms with Crippen molar-refractivity contribution in [2.24, 2.45) is 11.5 Å². The second-order valence-electron chi connectivity index (χ2n) is 4.29. The lowest BCUT2D eigenvalue weighted by Gasteiger charge is -2.07. The van der Waals surface area contributed by atoms with Crippen molar-refractivity contribution >= 4 is 5.95 Å². The van der Waals surface area contributed by atoms with Gasteiger partial charge < -0.3 is 16.8 Å². The first-order valence-corrected chi connectivity index (χ1v) is 6.62. The van der Waals surface area contributed by atoms with E-state index in [1.54, 1.807) is 0 Å². The average molecular weight is 252 g/mol. The summed E-state index contributed by atoms with van der Waals surface area (Å²) in [6, 6.07) is 0. The van der Waals surface area contributed by atoms with E-state index >= 15 is 0 Å². The average Bonchev–Trinajstić information content (AvgIpc) is 2.34. The molecule has 6 heteroatoms. The molecule has 0 atom stereocenters. The Labute approximate surface area is 109 Å². The largest absolute Gasteiger partial charge is 0.354 e. The Hall–Kier alpha value is -1.27. The molecular weight excluding hydrogens is 228 g/mol. The third-order valence-corrected chi connectivity index (χ3v) is 2.56. The number of unbranched alkanes of at least 4 members (excludes halogenated alkanes) is 2. The van der Waals surface area contributed by atoms with Crippen LogP contribution in [0.4, 0.5) is 5.95 Å². The van der Waals surface area contributed by atoms with E-state index in [0.717, 1.165) is 56.8 Å². The Morgan fingerprint density at radius 1 is 0.944 bits per heavy atom. The topological polar surface area (TPSA) is 103 Å². The molecule has 0 unspecified atom stereocenters. The molecule has 5 N–H and O–H groups in total. The van der Waals surface area contributed by atoms with E-state index < -0.39 is 0 Å². The van der Waals surface area contributed by atoms with E-state index in [0.29, 0.717) is 12.5 Å². The number of aromatic nitrogens is 3. The quantitative estimate of drug-likeness (QED) is 0.556. The molecule has 0 saturated carbocycles. The molecule has 0 saturated heterocycles. The van der Waals surface area contributed by atoms with E-state index in [2.05, 4.69) is 20.3 Å². The van der Waals surface area contributed by atoms with Crippen molar-refractivity contribution in [1.82, 2.24) is 15.0 Å². The molecule has 6 nitrogen and oxygen atoms in total. The number of nitrogens with zero attached hydrogens (tertiary/aromatic N) is 3. The number of hydrogen-bond acceptors (Lipinski definition) is 6. The molecule has 0 aromatic carbocycles. The number of aryl methyl sites for hydroxylation is 2. The van der Waals surface area contributed by atoms with Crippen molar-refractivity contribution in [2.75, 3.05) is 25.0 Å². The molecule has 0 spiro atoms. The molecule has 1 heterocycles. The van der Waals surface area contributed by atoms with Crippen LogP contribution < -0.4 is 16.8 Å². The number of anilines is 1. The summed E-state index contributed by atoms with van der Waals surface area (Å²) in [5, 5.41) is 3.21. The first kappa shape index (κ1) is 14.8. The summed E-state index contributed by atoms with van der Waals surface area (Å²) in [7, 11) is 0. The molecule has 1 aromatic heterocycles. The van der Waals surface area contributed by atoms with E-state index in [-0.39, 0.29) is 0 Å². The van der Waals surface area contributed by atoms with Crippen LogP contribution in [0, 0.1) is 6.92 Å². The van der Waals surface area contributed by atoms with Crippen LogP contribution in [0.25, 0.3) is 0 Å². The van der Waals surface area contributed by atoms with Crippen LogP contribution >= 0.6 is 0 Å². The smallest absolute Gasteiger partial charge is 0.226 e. The van der Waals surface area contributed by atoms with Crippen LogP contribution in [0.5, 0.6) is 0 Å². The van der Waals surface area contributed by atoms with Crippen LogP contribution in [0.3, 0.4) is 0 Å². The van der Waals surface area contributed by atoms with Gasteiger partial charge >= 0.3 is 0 Å². The fourth-order valence-corrected chi connectivity index (χ4v) is 1.63. The van der Waals surface area contributed by atoms with Crippen molar-refractivity contribution in [1.29, 1.82) is 0 Å². The van der Waals surface area contributed by atoms with Crippen LogP contribution in [0.15, 0.2) is 0 Å². The summed E-state index contributed by atoms with van der Waals surface area (Å²) >= 11 is 0. The van der Waals surface area contributed by atoms with Gasteiger partial charge in [0.2, 0.25) is 5.95 Å². The highest BCUT2D eigenvalue weighted by atomic mass is 15.1. The van der Waals surface area contributed by atoms with Gasteiger partial charge in [0.05, 0.1) is 0 Å². The van der Waals surface area contributed by atoms with Crippen molar-refractivity contribution in [3.8, 4) is 0 Å². The SMILES string of the molecule is Cc1nc(CCCCN)nc(NCCCCN)n1. The molecule has 0 fully saturated rings. The van der Waals surface area contributed by atoms with Crippen LogP contribution in [-0.2, 0) is 6.42 Å². The van der Waals surface area contributed by atoms with Crippen molar-refractivity contribution in [3.05, 3.63) is 11.6 Å². The molecule has 0 aliphatic rings. The zero-order valence-electron chi connectivity index (χ0n) is 11.2. The fraction of sp³-hybridized carbons (Fsp3) is 0.750. The molecule has 0 bridgehead atoms. The predicted molar refractivity (Wildman–Crippen MR) is 73.3 cm³/mol. The van der Waals surface area contributed by atoms with Crippen molar-refractivity contribution < 1.29 is 0 Å². The zero-order valence-corrected chi connectivity index (χ0v) is 11.2. The second-order valence-corrected chi connectivity index (χ2v) is 4.29. The molecule has 1 rings (SSSR count). The summed E-state index contributed by atoms with van der Waals surface area (Å²) in [5.41, 5.74) is 10.9. The maximum atomic E-state index is 5.47. The second kappa shape index (κ2) is 8.77. The number of rotatable bonds is 9. The van der Waals surface area contributed by atoms with E-state index in [4.69, 9.17) is 11.5 Å². The first-order chi connectivity index (χ1) is 8.76. The highest BCUT2D eigenvalue weighted by molar-refractivity contribution is 5.23. The summed E-state index contributed by atoms with van der Waals surface area (Å²) in [5.74, 6) is 2.27. The maximum Gasteiger partial charge on any atom is 0.226 e. The third-order valence-electron chi connectivity index (χ3n) is 2.56. The summed E-state index contributed by atoms with van der Waals surface area (Å²) in [4.78, 5) is 13.0. The molecule has 0 amide bonds. The highest BCUT2D eigenvalue weighted by Crippen LogP contribution is 2.04. The Morgan fingerprint density at radius 3 is 2.39 bits per heavy atom. The third kappa shape index (κ3) is 5.88. The molecular formula is C12H24N6. The lowest BCUT2D eigenvalue weighted by molar-refractivity contribution is 0.704. The number of nitrogens with two attached hydrogens (primary N) is 2. The molecule has 18 heavy (non-hydrogen) atoms. The number of nitrogens with one attached hydrogen (secondary N) is 1. The van der Waals surface area contributed by atoms with Gasteiger partial charge in [-0.25, -0.2) is 4.98 Å². The van der Waals surface area contributed by atoms with Gasteiger partial charge in [-0.2, -0.15) is 9.97 Å². The Morgan fingerprint density at radius 2 is 1.67 bits per heavy atom. The van der Waals surface area contributed by atoms with E-state index in [1.165, 1.54) is 0 Å². The van der Waals surface area contributed by atoms with Crippen LogP contribution in [-0.4, -0.2) is 34.6 Å². The predicted octanol–water partition coefficient (Wildman–Crippen LogP) is 0.612. The van der Waals surface area contributed by atoms with E-state index in [9.17, 15) is 0 Å².